The molecular formula is C19H24N4O5S. The first kappa shape index (κ1) is 21.1. The highest BCUT2D eigenvalue weighted by Gasteiger charge is 2.22. The van der Waals surface area contributed by atoms with Crippen molar-refractivity contribution in [1.29, 1.82) is 0 Å². The highest BCUT2D eigenvalue weighted by Crippen LogP contribution is 2.27. The molecule has 2 aromatic rings. The molecule has 2 amide bonds. The van der Waals surface area contributed by atoms with Gasteiger partial charge in [0.2, 0.25) is 5.91 Å². The van der Waals surface area contributed by atoms with Gasteiger partial charge in [0.1, 0.15) is 5.75 Å². The molecule has 1 aliphatic heterocycles. The monoisotopic (exact) mass is 420 g/mol. The average molecular weight is 420 g/mol. The van der Waals surface area contributed by atoms with Gasteiger partial charge in [0, 0.05) is 12.2 Å². The summed E-state index contributed by atoms with van der Waals surface area (Å²) < 4.78 is 17.7. The van der Waals surface area contributed by atoms with E-state index in [1.165, 1.54) is 11.8 Å². The molecule has 10 heteroatoms. The second-order valence-electron chi connectivity index (χ2n) is 6.34. The molecule has 0 saturated carbocycles. The minimum absolute atomic E-state index is 0.0189. The Labute approximate surface area is 173 Å². The van der Waals surface area contributed by atoms with Gasteiger partial charge in [-0.3, -0.25) is 14.7 Å². The van der Waals surface area contributed by atoms with Crippen LogP contribution in [0, 0.1) is 0 Å². The third-order valence-corrected chi connectivity index (χ3v) is 5.29. The lowest BCUT2D eigenvalue weighted by molar-refractivity contribution is -0.117. The normalized spacial score (nSPS) is 15.9. The molecule has 2 heterocycles. The minimum atomic E-state index is -0.752. The maximum atomic E-state index is 12.0. The summed E-state index contributed by atoms with van der Waals surface area (Å²) in [5, 5.41) is 11.3. The molecule has 1 atom stereocenters. The first-order chi connectivity index (χ1) is 14.1. The maximum absolute atomic E-state index is 12.0. The zero-order chi connectivity index (χ0) is 20.6. The van der Waals surface area contributed by atoms with Gasteiger partial charge < -0.3 is 14.2 Å². The predicted octanol–water partition coefficient (Wildman–Crippen LogP) is 2.50. The van der Waals surface area contributed by atoms with E-state index in [-0.39, 0.29) is 18.5 Å². The van der Waals surface area contributed by atoms with Gasteiger partial charge in [0.05, 0.1) is 32.1 Å². The number of alkyl carbamates (subject to hydrolysis) is 1. The van der Waals surface area contributed by atoms with Crippen molar-refractivity contribution >= 4 is 23.8 Å². The van der Waals surface area contributed by atoms with E-state index in [0.29, 0.717) is 17.5 Å². The Morgan fingerprint density at radius 1 is 1.31 bits per heavy atom. The quantitative estimate of drug-likeness (QED) is 0.650. The van der Waals surface area contributed by atoms with Crippen molar-refractivity contribution in [3.63, 3.8) is 0 Å². The molecule has 1 aliphatic rings. The second-order valence-corrected chi connectivity index (χ2v) is 7.28. The molecule has 3 rings (SSSR count). The molecule has 0 radical (unpaired) electrons. The number of hydrogen-bond acceptors (Lipinski definition) is 8. The number of amides is 2. The van der Waals surface area contributed by atoms with Crippen molar-refractivity contribution in [3.8, 4) is 17.1 Å². The van der Waals surface area contributed by atoms with Crippen LogP contribution in [0.2, 0.25) is 0 Å². The maximum Gasteiger partial charge on any atom is 0.413 e. The zero-order valence-corrected chi connectivity index (χ0v) is 17.2. The highest BCUT2D eigenvalue weighted by atomic mass is 32.2. The van der Waals surface area contributed by atoms with Crippen molar-refractivity contribution in [1.82, 2.24) is 20.1 Å². The molecule has 0 unspecified atom stereocenters. The first-order valence-corrected chi connectivity index (χ1v) is 10.4. The minimum Gasteiger partial charge on any atom is -0.497 e. The smallest absolute Gasteiger partial charge is 0.413 e. The topological polar surface area (TPSA) is 105 Å². The third kappa shape index (κ3) is 5.70. The van der Waals surface area contributed by atoms with Gasteiger partial charge >= 0.3 is 6.09 Å². The summed E-state index contributed by atoms with van der Waals surface area (Å²) in [6.07, 6.45) is 1.32. The van der Waals surface area contributed by atoms with Crippen LogP contribution in [0.1, 0.15) is 19.8 Å². The fourth-order valence-corrected chi connectivity index (χ4v) is 3.70. The summed E-state index contributed by atoms with van der Waals surface area (Å²) in [6, 6.07) is 7.55. The molecule has 0 bridgehead atoms. The van der Waals surface area contributed by atoms with Crippen LogP contribution < -0.4 is 10.1 Å². The molecule has 1 fully saturated rings. The lowest BCUT2D eigenvalue weighted by atomic mass is 10.2. The number of methoxy groups -OCH3 is 1. The number of thioether (sulfide) groups is 1. The number of carbonyl (C=O) groups excluding carboxylic acids is 2. The van der Waals surface area contributed by atoms with Gasteiger partial charge in [-0.15, -0.1) is 10.2 Å². The molecule has 1 saturated heterocycles. The number of hydrogen-bond donors (Lipinski definition) is 1. The summed E-state index contributed by atoms with van der Waals surface area (Å²) in [7, 11) is 1.62. The Kier molecular flexibility index (Phi) is 7.48. The molecule has 0 spiro atoms. The number of benzene rings is 1. The Morgan fingerprint density at radius 3 is 2.76 bits per heavy atom. The fraction of sp³-hybridized carbons (Fsp3) is 0.474. The van der Waals surface area contributed by atoms with E-state index in [1.54, 1.807) is 14.0 Å². The van der Waals surface area contributed by atoms with Crippen LogP contribution in [0.5, 0.6) is 5.75 Å². The van der Waals surface area contributed by atoms with Crippen LogP contribution in [0.25, 0.3) is 11.4 Å². The van der Waals surface area contributed by atoms with Crippen molar-refractivity contribution in [2.75, 3.05) is 26.1 Å². The lowest BCUT2D eigenvalue weighted by Gasteiger charge is -2.15. The highest BCUT2D eigenvalue weighted by molar-refractivity contribution is 7.99. The number of nitrogens with zero attached hydrogens (tertiary/aromatic N) is 3. The van der Waals surface area contributed by atoms with Gasteiger partial charge in [0.15, 0.2) is 11.0 Å². The molecule has 1 aromatic carbocycles. The van der Waals surface area contributed by atoms with Gasteiger partial charge in [-0.1, -0.05) is 11.8 Å². The molecular weight excluding hydrogens is 396 g/mol. The number of carbonyl (C=O) groups is 2. The summed E-state index contributed by atoms with van der Waals surface area (Å²) in [5.74, 6) is 1.01. The number of ether oxygens (including phenoxy) is 3. The van der Waals surface area contributed by atoms with E-state index < -0.39 is 12.0 Å². The van der Waals surface area contributed by atoms with Crippen LogP contribution in [0.15, 0.2) is 29.4 Å². The van der Waals surface area contributed by atoms with Crippen molar-refractivity contribution < 1.29 is 23.8 Å². The molecule has 9 nitrogen and oxygen atoms in total. The summed E-state index contributed by atoms with van der Waals surface area (Å²) in [4.78, 5) is 23.4. The van der Waals surface area contributed by atoms with Crippen LogP contribution in [-0.4, -0.2) is 58.9 Å². The van der Waals surface area contributed by atoms with Gasteiger partial charge in [-0.2, -0.15) is 0 Å². The second kappa shape index (κ2) is 10.3. The van der Waals surface area contributed by atoms with Crippen molar-refractivity contribution in [2.45, 2.75) is 37.6 Å². The molecule has 29 heavy (non-hydrogen) atoms. The third-order valence-electron chi connectivity index (χ3n) is 4.32. The Morgan fingerprint density at radius 2 is 2.10 bits per heavy atom. The molecule has 156 valence electrons. The first-order valence-electron chi connectivity index (χ1n) is 9.39. The standard InChI is InChI=1S/C19H24N4O5S/c1-3-27-19(25)20-16(24)12-29-18-22-21-17(13-6-8-14(26-2)9-7-13)23(18)11-15-5-4-10-28-15/h6-9,15H,3-5,10-12H2,1-2H3,(H,20,24,25)/t15-/m0/s1. The van der Waals surface area contributed by atoms with Gasteiger partial charge in [-0.05, 0) is 44.0 Å². The average Bonchev–Trinajstić information content (AvgIpc) is 3.37. The van der Waals surface area contributed by atoms with Crippen LogP contribution >= 0.6 is 11.8 Å². The summed E-state index contributed by atoms with van der Waals surface area (Å²) >= 11 is 1.21. The predicted molar refractivity (Wildman–Crippen MR) is 107 cm³/mol. The lowest BCUT2D eigenvalue weighted by Crippen LogP contribution is -2.32. The number of nitrogens with one attached hydrogen (secondary N) is 1. The fourth-order valence-electron chi connectivity index (χ4n) is 2.95. The Hall–Kier alpha value is -2.59. The van der Waals surface area contributed by atoms with Crippen LogP contribution in [0.4, 0.5) is 4.79 Å². The summed E-state index contributed by atoms with van der Waals surface area (Å²) in [5.41, 5.74) is 0.888. The van der Waals surface area contributed by atoms with E-state index in [0.717, 1.165) is 30.8 Å². The largest absolute Gasteiger partial charge is 0.497 e. The van der Waals surface area contributed by atoms with E-state index >= 15 is 0 Å². The molecule has 1 aromatic heterocycles. The number of imide groups is 1. The van der Waals surface area contributed by atoms with Crippen molar-refractivity contribution in [2.24, 2.45) is 0 Å². The van der Waals surface area contributed by atoms with Crippen molar-refractivity contribution in [3.05, 3.63) is 24.3 Å². The molecule has 1 N–H and O–H groups in total. The van der Waals surface area contributed by atoms with E-state index in [9.17, 15) is 9.59 Å². The number of aromatic nitrogens is 3. The number of rotatable bonds is 8. The Balaban J connectivity index is 1.75. The van der Waals surface area contributed by atoms with E-state index in [2.05, 4.69) is 15.5 Å². The van der Waals surface area contributed by atoms with Gasteiger partial charge in [-0.25, -0.2) is 4.79 Å². The van der Waals surface area contributed by atoms with Crippen LogP contribution in [0.3, 0.4) is 0 Å². The van der Waals surface area contributed by atoms with Crippen LogP contribution in [-0.2, 0) is 20.8 Å². The Bertz CT molecular complexity index is 834. The SMILES string of the molecule is CCOC(=O)NC(=O)CSc1nnc(-c2ccc(OC)cc2)n1C[C@@H]1CCCO1. The molecule has 0 aliphatic carbocycles. The van der Waals surface area contributed by atoms with Gasteiger partial charge in [0.25, 0.3) is 0 Å². The zero-order valence-electron chi connectivity index (χ0n) is 16.4. The summed E-state index contributed by atoms with van der Waals surface area (Å²) in [6.45, 7) is 3.21. The van der Waals surface area contributed by atoms with E-state index in [1.807, 2.05) is 28.8 Å². The van der Waals surface area contributed by atoms with E-state index in [4.69, 9.17) is 14.2 Å².